The van der Waals surface area contributed by atoms with Crippen LogP contribution in [-0.4, -0.2) is 18.6 Å². The van der Waals surface area contributed by atoms with Gasteiger partial charge in [0.15, 0.2) is 5.13 Å². The largest absolute Gasteiger partial charge is 0.497 e. The molecule has 0 bridgehead atoms. The van der Waals surface area contributed by atoms with Crippen molar-refractivity contribution >= 4 is 28.1 Å². The highest BCUT2D eigenvalue weighted by Crippen LogP contribution is 2.19. The van der Waals surface area contributed by atoms with Gasteiger partial charge >= 0.3 is 0 Å². The molecule has 1 heterocycles. The van der Waals surface area contributed by atoms with Crippen LogP contribution in [0.15, 0.2) is 29.6 Å². The zero-order valence-electron chi connectivity index (χ0n) is 9.44. The average molecular weight is 269 g/mol. The third-order valence-corrected chi connectivity index (χ3v) is 3.42. The highest BCUT2D eigenvalue weighted by atomic mass is 35.5. The first-order chi connectivity index (χ1) is 8.28. The van der Waals surface area contributed by atoms with E-state index in [0.29, 0.717) is 5.15 Å². The third kappa shape index (κ3) is 3.61. The molecule has 2 rings (SSSR count). The highest BCUT2D eigenvalue weighted by molar-refractivity contribution is 7.14. The maximum absolute atomic E-state index is 5.74. The van der Waals surface area contributed by atoms with Crippen LogP contribution in [0.3, 0.4) is 0 Å². The van der Waals surface area contributed by atoms with E-state index in [4.69, 9.17) is 16.3 Å². The Hall–Kier alpha value is -1.26. The zero-order chi connectivity index (χ0) is 12.1. The van der Waals surface area contributed by atoms with Crippen LogP contribution in [0.2, 0.25) is 5.15 Å². The molecule has 90 valence electrons. The van der Waals surface area contributed by atoms with E-state index in [-0.39, 0.29) is 0 Å². The Kier molecular flexibility index (Phi) is 4.23. The molecule has 0 aliphatic heterocycles. The summed E-state index contributed by atoms with van der Waals surface area (Å²) < 4.78 is 5.17. The van der Waals surface area contributed by atoms with Gasteiger partial charge in [-0.05, 0) is 24.1 Å². The quantitative estimate of drug-likeness (QED) is 0.902. The minimum absolute atomic E-state index is 0.541. The number of nitrogens with one attached hydrogen (secondary N) is 1. The van der Waals surface area contributed by atoms with E-state index < -0.39 is 0 Å². The Morgan fingerprint density at radius 2 is 2.35 bits per heavy atom. The zero-order valence-corrected chi connectivity index (χ0v) is 11.0. The lowest BCUT2D eigenvalue weighted by Gasteiger charge is -2.05. The summed E-state index contributed by atoms with van der Waals surface area (Å²) in [7, 11) is 1.68. The molecular formula is C12H13ClN2OS. The number of rotatable bonds is 5. The SMILES string of the molecule is COc1cccc(CCNc2nc(Cl)cs2)c1. The maximum atomic E-state index is 5.74. The van der Waals surface area contributed by atoms with Crippen molar-refractivity contribution in [2.75, 3.05) is 19.0 Å². The van der Waals surface area contributed by atoms with Crippen molar-refractivity contribution in [3.8, 4) is 5.75 Å². The van der Waals surface area contributed by atoms with Crippen LogP contribution < -0.4 is 10.1 Å². The summed E-state index contributed by atoms with van der Waals surface area (Å²) in [6, 6.07) is 8.06. The lowest BCUT2D eigenvalue weighted by atomic mass is 10.1. The molecule has 0 aliphatic carbocycles. The molecule has 0 atom stereocenters. The standard InChI is InChI=1S/C12H13ClN2OS/c1-16-10-4-2-3-9(7-10)5-6-14-12-15-11(13)8-17-12/h2-4,7-8H,5-6H2,1H3,(H,14,15). The number of hydrogen-bond donors (Lipinski definition) is 1. The molecule has 0 fully saturated rings. The summed E-state index contributed by atoms with van der Waals surface area (Å²) in [6.07, 6.45) is 0.925. The smallest absolute Gasteiger partial charge is 0.184 e. The molecule has 1 aromatic carbocycles. The number of thiazole rings is 1. The fourth-order valence-electron chi connectivity index (χ4n) is 1.48. The molecule has 0 radical (unpaired) electrons. The van der Waals surface area contributed by atoms with Gasteiger partial charge in [0.1, 0.15) is 10.9 Å². The van der Waals surface area contributed by atoms with E-state index >= 15 is 0 Å². The van der Waals surface area contributed by atoms with E-state index in [1.165, 1.54) is 16.9 Å². The van der Waals surface area contributed by atoms with Gasteiger partial charge in [-0.3, -0.25) is 0 Å². The van der Waals surface area contributed by atoms with Crippen molar-refractivity contribution in [2.24, 2.45) is 0 Å². The minimum atomic E-state index is 0.541. The second kappa shape index (κ2) is 5.89. The first kappa shape index (κ1) is 12.2. The molecule has 17 heavy (non-hydrogen) atoms. The lowest BCUT2D eigenvalue weighted by molar-refractivity contribution is 0.414. The molecular weight excluding hydrogens is 256 g/mol. The number of nitrogens with zero attached hydrogens (tertiary/aromatic N) is 1. The Morgan fingerprint density at radius 1 is 1.47 bits per heavy atom. The van der Waals surface area contributed by atoms with Crippen LogP contribution in [-0.2, 0) is 6.42 Å². The van der Waals surface area contributed by atoms with Gasteiger partial charge in [-0.15, -0.1) is 11.3 Å². The molecule has 3 nitrogen and oxygen atoms in total. The van der Waals surface area contributed by atoms with Gasteiger partial charge in [0.2, 0.25) is 0 Å². The molecule has 0 unspecified atom stereocenters. The van der Waals surface area contributed by atoms with Crippen molar-refractivity contribution < 1.29 is 4.74 Å². The predicted molar refractivity (Wildman–Crippen MR) is 72.3 cm³/mol. The molecule has 5 heteroatoms. The van der Waals surface area contributed by atoms with E-state index in [1.54, 1.807) is 7.11 Å². The number of ether oxygens (including phenoxy) is 1. The lowest BCUT2D eigenvalue weighted by Crippen LogP contribution is -2.04. The fourth-order valence-corrected chi connectivity index (χ4v) is 2.34. The topological polar surface area (TPSA) is 34.1 Å². The number of hydrogen-bond acceptors (Lipinski definition) is 4. The van der Waals surface area contributed by atoms with Gasteiger partial charge < -0.3 is 10.1 Å². The second-order valence-corrected chi connectivity index (χ2v) is 4.75. The van der Waals surface area contributed by atoms with Gasteiger partial charge in [-0.2, -0.15) is 0 Å². The molecule has 1 aromatic heterocycles. The Labute approximate surface area is 109 Å². The van der Waals surface area contributed by atoms with Crippen molar-refractivity contribution in [3.63, 3.8) is 0 Å². The summed E-state index contributed by atoms with van der Waals surface area (Å²) in [6.45, 7) is 0.830. The second-order valence-electron chi connectivity index (χ2n) is 3.50. The Morgan fingerprint density at radius 3 is 3.06 bits per heavy atom. The summed E-state index contributed by atoms with van der Waals surface area (Å²) in [5.41, 5.74) is 1.24. The van der Waals surface area contributed by atoms with Crippen LogP contribution in [0, 0.1) is 0 Å². The van der Waals surface area contributed by atoms with Gasteiger partial charge in [0.25, 0.3) is 0 Å². The molecule has 0 spiro atoms. The van der Waals surface area contributed by atoms with E-state index in [9.17, 15) is 0 Å². The summed E-state index contributed by atoms with van der Waals surface area (Å²) in [4.78, 5) is 4.12. The van der Waals surface area contributed by atoms with Gasteiger partial charge in [-0.1, -0.05) is 23.7 Å². The predicted octanol–water partition coefficient (Wildman–Crippen LogP) is 3.46. The number of methoxy groups -OCH3 is 1. The monoisotopic (exact) mass is 268 g/mol. The maximum Gasteiger partial charge on any atom is 0.184 e. The minimum Gasteiger partial charge on any atom is -0.497 e. The first-order valence-corrected chi connectivity index (χ1v) is 6.51. The van der Waals surface area contributed by atoms with E-state index in [2.05, 4.69) is 16.4 Å². The average Bonchev–Trinajstić information content (AvgIpc) is 2.75. The third-order valence-electron chi connectivity index (χ3n) is 2.30. The van der Waals surface area contributed by atoms with E-state index in [0.717, 1.165) is 23.8 Å². The normalized spacial score (nSPS) is 10.2. The van der Waals surface area contributed by atoms with Crippen LogP contribution in [0.4, 0.5) is 5.13 Å². The molecule has 0 saturated heterocycles. The Balaban J connectivity index is 1.85. The van der Waals surface area contributed by atoms with E-state index in [1.807, 2.05) is 23.6 Å². The molecule has 0 aliphatic rings. The van der Waals surface area contributed by atoms with Gasteiger partial charge in [0, 0.05) is 11.9 Å². The summed E-state index contributed by atoms with van der Waals surface area (Å²) >= 11 is 7.25. The number of anilines is 1. The van der Waals surface area contributed by atoms with Crippen LogP contribution >= 0.6 is 22.9 Å². The van der Waals surface area contributed by atoms with Crippen molar-refractivity contribution in [2.45, 2.75) is 6.42 Å². The number of aromatic nitrogens is 1. The van der Waals surface area contributed by atoms with Crippen molar-refractivity contribution in [3.05, 3.63) is 40.4 Å². The molecule has 1 N–H and O–H groups in total. The fraction of sp³-hybridized carbons (Fsp3) is 0.250. The van der Waals surface area contributed by atoms with Gasteiger partial charge in [-0.25, -0.2) is 4.98 Å². The number of benzene rings is 1. The Bertz CT molecular complexity index is 487. The highest BCUT2D eigenvalue weighted by Gasteiger charge is 1.99. The van der Waals surface area contributed by atoms with Crippen molar-refractivity contribution in [1.29, 1.82) is 0 Å². The summed E-state index contributed by atoms with van der Waals surface area (Å²) in [5.74, 6) is 0.889. The molecule has 0 amide bonds. The van der Waals surface area contributed by atoms with Gasteiger partial charge in [0.05, 0.1) is 7.11 Å². The van der Waals surface area contributed by atoms with Crippen molar-refractivity contribution in [1.82, 2.24) is 4.98 Å². The number of halogens is 1. The van der Waals surface area contributed by atoms with Crippen LogP contribution in [0.1, 0.15) is 5.56 Å². The summed E-state index contributed by atoms with van der Waals surface area (Å²) in [5, 5.41) is 6.45. The first-order valence-electron chi connectivity index (χ1n) is 5.26. The van der Waals surface area contributed by atoms with Crippen LogP contribution in [0.5, 0.6) is 5.75 Å². The van der Waals surface area contributed by atoms with Crippen LogP contribution in [0.25, 0.3) is 0 Å². The molecule has 2 aromatic rings. The molecule has 0 saturated carbocycles.